The van der Waals surface area contributed by atoms with Gasteiger partial charge in [0.25, 0.3) is 0 Å². The average molecular weight is 232 g/mol. The fourth-order valence-corrected chi connectivity index (χ4v) is 2.39. The number of rotatable bonds is 3. The van der Waals surface area contributed by atoms with Crippen LogP contribution in [-0.4, -0.2) is 16.2 Å². The van der Waals surface area contributed by atoms with Crippen LogP contribution in [0.4, 0.5) is 0 Å². The van der Waals surface area contributed by atoms with Gasteiger partial charge in [-0.25, -0.2) is 0 Å². The Hall–Kier alpha value is -1.48. The first kappa shape index (κ1) is 12.0. The third-order valence-corrected chi connectivity index (χ3v) is 3.27. The number of phenolic OH excluding ortho intramolecular Hbond substituents is 1. The summed E-state index contributed by atoms with van der Waals surface area (Å²) in [7, 11) is 2.00. The van der Waals surface area contributed by atoms with Crippen LogP contribution in [0.2, 0.25) is 0 Å². The Bertz CT molecular complexity index is 541. The van der Waals surface area contributed by atoms with Crippen LogP contribution in [0.1, 0.15) is 30.9 Å². The van der Waals surface area contributed by atoms with Gasteiger partial charge in [0.2, 0.25) is 0 Å². The number of hydrogen-bond donors (Lipinski definition) is 2. The van der Waals surface area contributed by atoms with Crippen molar-refractivity contribution in [2.24, 2.45) is 12.8 Å². The maximum Gasteiger partial charge on any atom is 0.128 e. The summed E-state index contributed by atoms with van der Waals surface area (Å²) < 4.78 is 2.05. The SMILES string of the molecule is CC(C)c1ccc2c(c(CCN)cn2C)c1O. The molecule has 0 amide bonds. The van der Waals surface area contributed by atoms with Crippen LogP contribution in [0.5, 0.6) is 5.75 Å². The maximum atomic E-state index is 10.4. The Morgan fingerprint density at radius 2 is 2.06 bits per heavy atom. The Morgan fingerprint density at radius 3 is 2.65 bits per heavy atom. The molecule has 17 heavy (non-hydrogen) atoms. The predicted octanol–water partition coefficient (Wildman–Crippen LogP) is 2.51. The molecule has 3 heteroatoms. The van der Waals surface area contributed by atoms with Gasteiger partial charge in [-0.2, -0.15) is 0 Å². The van der Waals surface area contributed by atoms with Gasteiger partial charge in [0.15, 0.2) is 0 Å². The zero-order chi connectivity index (χ0) is 12.6. The smallest absolute Gasteiger partial charge is 0.128 e. The zero-order valence-electron chi connectivity index (χ0n) is 10.7. The van der Waals surface area contributed by atoms with Gasteiger partial charge in [-0.1, -0.05) is 19.9 Å². The molecule has 1 heterocycles. The summed E-state index contributed by atoms with van der Waals surface area (Å²) in [6, 6.07) is 4.08. The van der Waals surface area contributed by atoms with E-state index in [1.54, 1.807) is 0 Å². The van der Waals surface area contributed by atoms with E-state index >= 15 is 0 Å². The minimum Gasteiger partial charge on any atom is -0.507 e. The van der Waals surface area contributed by atoms with Crippen LogP contribution in [0, 0.1) is 0 Å². The molecule has 0 aliphatic heterocycles. The zero-order valence-corrected chi connectivity index (χ0v) is 10.7. The second-order valence-corrected chi connectivity index (χ2v) is 4.86. The van der Waals surface area contributed by atoms with Crippen molar-refractivity contribution in [2.75, 3.05) is 6.54 Å². The molecular formula is C14H20N2O. The lowest BCUT2D eigenvalue weighted by Gasteiger charge is -2.10. The first-order valence-corrected chi connectivity index (χ1v) is 6.06. The topological polar surface area (TPSA) is 51.2 Å². The molecular weight excluding hydrogens is 212 g/mol. The second kappa shape index (κ2) is 4.41. The molecule has 2 aromatic rings. The number of fused-ring (bicyclic) bond motifs is 1. The van der Waals surface area contributed by atoms with Crippen molar-refractivity contribution in [1.29, 1.82) is 0 Å². The van der Waals surface area contributed by atoms with Gasteiger partial charge in [-0.3, -0.25) is 0 Å². The Morgan fingerprint density at radius 1 is 1.35 bits per heavy atom. The van der Waals surface area contributed by atoms with Gasteiger partial charge in [0, 0.05) is 18.6 Å². The Labute approximate surface area is 102 Å². The molecule has 92 valence electrons. The molecule has 0 fully saturated rings. The highest BCUT2D eigenvalue weighted by molar-refractivity contribution is 5.91. The molecule has 0 spiro atoms. The number of nitrogens with two attached hydrogens (primary N) is 1. The molecule has 1 aromatic carbocycles. The van der Waals surface area contributed by atoms with Gasteiger partial charge in [0.1, 0.15) is 5.75 Å². The molecule has 0 unspecified atom stereocenters. The third-order valence-electron chi connectivity index (χ3n) is 3.27. The number of hydrogen-bond acceptors (Lipinski definition) is 2. The monoisotopic (exact) mass is 232 g/mol. The summed E-state index contributed by atoms with van der Waals surface area (Å²) in [5.74, 6) is 0.742. The van der Waals surface area contributed by atoms with Crippen LogP contribution in [0.25, 0.3) is 10.9 Å². The van der Waals surface area contributed by atoms with Crippen LogP contribution in [-0.2, 0) is 13.5 Å². The highest BCUT2D eigenvalue weighted by Gasteiger charge is 2.15. The molecule has 0 atom stereocenters. The van der Waals surface area contributed by atoms with Crippen molar-refractivity contribution in [3.63, 3.8) is 0 Å². The minimum atomic E-state index is 0.324. The third kappa shape index (κ3) is 1.91. The number of nitrogens with zero attached hydrogens (tertiary/aromatic N) is 1. The fourth-order valence-electron chi connectivity index (χ4n) is 2.39. The van der Waals surface area contributed by atoms with Crippen LogP contribution in [0.3, 0.4) is 0 Å². The van der Waals surface area contributed by atoms with E-state index in [9.17, 15) is 5.11 Å². The summed E-state index contributed by atoms with van der Waals surface area (Å²) in [5, 5.41) is 11.3. The maximum absolute atomic E-state index is 10.4. The van der Waals surface area contributed by atoms with Crippen LogP contribution in [0.15, 0.2) is 18.3 Å². The normalized spacial score (nSPS) is 11.6. The van der Waals surface area contributed by atoms with Gasteiger partial charge in [-0.15, -0.1) is 0 Å². The summed E-state index contributed by atoms with van der Waals surface area (Å²) in [5.41, 5.74) is 8.81. The lowest BCUT2D eigenvalue weighted by atomic mass is 9.98. The van der Waals surface area contributed by atoms with Gasteiger partial charge in [-0.05, 0) is 36.1 Å². The Kier molecular flexibility index (Phi) is 3.11. The largest absolute Gasteiger partial charge is 0.507 e. The van der Waals surface area contributed by atoms with E-state index in [4.69, 9.17) is 5.73 Å². The van der Waals surface area contributed by atoms with E-state index in [1.165, 1.54) is 0 Å². The first-order valence-electron chi connectivity index (χ1n) is 6.06. The highest BCUT2D eigenvalue weighted by Crippen LogP contribution is 2.36. The van der Waals surface area contributed by atoms with Crippen LogP contribution < -0.4 is 5.73 Å². The molecule has 1 aromatic heterocycles. The molecule has 0 aliphatic rings. The van der Waals surface area contributed by atoms with Crippen molar-refractivity contribution in [1.82, 2.24) is 4.57 Å². The Balaban J connectivity index is 2.73. The predicted molar refractivity (Wildman–Crippen MR) is 71.4 cm³/mol. The number of aromatic hydroxyl groups is 1. The molecule has 0 saturated heterocycles. The van der Waals surface area contributed by atoms with Crippen molar-refractivity contribution >= 4 is 10.9 Å². The lowest BCUT2D eigenvalue weighted by Crippen LogP contribution is -2.02. The quantitative estimate of drug-likeness (QED) is 0.854. The molecule has 0 saturated carbocycles. The summed E-state index contributed by atoms with van der Waals surface area (Å²) in [6.45, 7) is 4.78. The van der Waals surface area contributed by atoms with Gasteiger partial charge in [0.05, 0.1) is 5.52 Å². The number of benzene rings is 1. The van der Waals surface area contributed by atoms with Crippen LogP contribution >= 0.6 is 0 Å². The highest BCUT2D eigenvalue weighted by atomic mass is 16.3. The average Bonchev–Trinajstić information content (AvgIpc) is 2.57. The minimum absolute atomic E-state index is 0.324. The fraction of sp³-hybridized carbons (Fsp3) is 0.429. The number of aryl methyl sites for hydroxylation is 1. The van der Waals surface area contributed by atoms with Crippen molar-refractivity contribution in [3.05, 3.63) is 29.5 Å². The lowest BCUT2D eigenvalue weighted by molar-refractivity contribution is 0.471. The molecule has 3 N–H and O–H groups in total. The summed E-state index contributed by atoms with van der Waals surface area (Å²) >= 11 is 0. The van der Waals surface area contributed by atoms with Crippen molar-refractivity contribution in [2.45, 2.75) is 26.2 Å². The molecule has 3 nitrogen and oxygen atoms in total. The van der Waals surface area contributed by atoms with E-state index in [0.717, 1.165) is 28.5 Å². The van der Waals surface area contributed by atoms with E-state index in [2.05, 4.69) is 26.1 Å². The standard InChI is InChI=1S/C14H20N2O/c1-9(2)11-4-5-12-13(14(11)17)10(6-7-15)8-16(12)3/h4-5,8-9,17H,6-7,15H2,1-3H3. The van der Waals surface area contributed by atoms with Crippen molar-refractivity contribution < 1.29 is 5.11 Å². The van der Waals surface area contributed by atoms with Gasteiger partial charge >= 0.3 is 0 Å². The van der Waals surface area contributed by atoms with E-state index in [1.807, 2.05) is 17.7 Å². The van der Waals surface area contributed by atoms with Gasteiger partial charge < -0.3 is 15.4 Å². The molecule has 2 rings (SSSR count). The molecule has 0 radical (unpaired) electrons. The second-order valence-electron chi connectivity index (χ2n) is 4.86. The summed E-state index contributed by atoms with van der Waals surface area (Å²) in [6.07, 6.45) is 2.85. The number of aromatic nitrogens is 1. The number of phenols is 1. The first-order chi connectivity index (χ1) is 8.06. The van der Waals surface area contributed by atoms with E-state index < -0.39 is 0 Å². The molecule has 0 aliphatic carbocycles. The molecule has 0 bridgehead atoms. The van der Waals surface area contributed by atoms with Crippen molar-refractivity contribution in [3.8, 4) is 5.75 Å². The van der Waals surface area contributed by atoms with E-state index in [-0.39, 0.29) is 0 Å². The summed E-state index contributed by atoms with van der Waals surface area (Å²) in [4.78, 5) is 0. The van der Waals surface area contributed by atoms with E-state index in [0.29, 0.717) is 18.2 Å².